The molecule has 5 nitrogen and oxygen atoms in total. The molecule has 0 spiro atoms. The van der Waals surface area contributed by atoms with Crippen LogP contribution in [0.5, 0.6) is 0 Å². The minimum atomic E-state index is 0.446. The molecule has 0 aliphatic heterocycles. The molecule has 0 aliphatic carbocycles. The van der Waals surface area contributed by atoms with E-state index in [1.165, 1.54) is 0 Å². The van der Waals surface area contributed by atoms with E-state index >= 15 is 0 Å². The van der Waals surface area contributed by atoms with Gasteiger partial charge in [0.25, 0.3) is 0 Å². The highest BCUT2D eigenvalue weighted by molar-refractivity contribution is 5.03. The van der Waals surface area contributed by atoms with Crippen molar-refractivity contribution in [1.82, 2.24) is 10.5 Å². The first-order valence-electron chi connectivity index (χ1n) is 5.97. The molecule has 0 radical (unpaired) electrons. The molecule has 0 aromatic carbocycles. The molecule has 1 N–H and O–H groups in total. The average molecular weight is 242 g/mol. The Hall–Kier alpha value is -0.910. The van der Waals surface area contributed by atoms with Crippen LogP contribution in [0.3, 0.4) is 0 Å². The number of hydrogen-bond acceptors (Lipinski definition) is 5. The third-order valence-electron chi connectivity index (χ3n) is 2.03. The molecule has 0 saturated carbocycles. The van der Waals surface area contributed by atoms with E-state index in [0.29, 0.717) is 32.3 Å². The summed E-state index contributed by atoms with van der Waals surface area (Å²) >= 11 is 0. The maximum absolute atomic E-state index is 5.41. The fraction of sp³-hybridized carbons (Fsp3) is 0.750. The number of nitrogens with one attached hydrogen (secondary N) is 1. The molecule has 0 amide bonds. The minimum Gasteiger partial charge on any atom is -0.379 e. The Morgan fingerprint density at radius 2 is 2.12 bits per heavy atom. The fourth-order valence-electron chi connectivity index (χ4n) is 1.30. The quantitative estimate of drug-likeness (QED) is 0.666. The standard InChI is InChI=1S/C12H22N2O3/c1-10(2)8-15-4-5-16-9-12-6-11(7-13-3)14-17-12/h6,10,13H,4-5,7-9H2,1-3H3. The lowest BCUT2D eigenvalue weighted by molar-refractivity contribution is 0.0250. The molecule has 5 heteroatoms. The fourth-order valence-corrected chi connectivity index (χ4v) is 1.30. The second-order valence-electron chi connectivity index (χ2n) is 4.34. The molecule has 0 aliphatic rings. The number of rotatable bonds is 9. The van der Waals surface area contributed by atoms with Crippen molar-refractivity contribution in [1.29, 1.82) is 0 Å². The van der Waals surface area contributed by atoms with E-state index in [4.69, 9.17) is 14.0 Å². The van der Waals surface area contributed by atoms with Crippen molar-refractivity contribution in [2.24, 2.45) is 5.92 Å². The average Bonchev–Trinajstić information content (AvgIpc) is 2.71. The maximum Gasteiger partial charge on any atom is 0.162 e. The van der Waals surface area contributed by atoms with Gasteiger partial charge in [-0.2, -0.15) is 0 Å². The van der Waals surface area contributed by atoms with Crippen LogP contribution in [0, 0.1) is 5.92 Å². The first-order chi connectivity index (χ1) is 8.22. The summed E-state index contributed by atoms with van der Waals surface area (Å²) in [5, 5.41) is 6.90. The molecule has 17 heavy (non-hydrogen) atoms. The summed E-state index contributed by atoms with van der Waals surface area (Å²) in [6.45, 7) is 7.38. The Labute approximate surface area is 102 Å². The van der Waals surface area contributed by atoms with Crippen molar-refractivity contribution < 1.29 is 14.0 Å². The van der Waals surface area contributed by atoms with Gasteiger partial charge < -0.3 is 19.3 Å². The second kappa shape index (κ2) is 8.22. The van der Waals surface area contributed by atoms with E-state index < -0.39 is 0 Å². The largest absolute Gasteiger partial charge is 0.379 e. The lowest BCUT2D eigenvalue weighted by atomic mass is 10.2. The van der Waals surface area contributed by atoms with Gasteiger partial charge in [-0.15, -0.1) is 0 Å². The van der Waals surface area contributed by atoms with E-state index in [0.717, 1.165) is 18.1 Å². The molecule has 1 rings (SSSR count). The van der Waals surface area contributed by atoms with Gasteiger partial charge in [-0.25, -0.2) is 0 Å². The van der Waals surface area contributed by atoms with Crippen molar-refractivity contribution in [3.8, 4) is 0 Å². The van der Waals surface area contributed by atoms with Gasteiger partial charge in [-0.3, -0.25) is 0 Å². The van der Waals surface area contributed by atoms with Crippen LogP contribution in [-0.2, 0) is 22.6 Å². The van der Waals surface area contributed by atoms with Crippen molar-refractivity contribution in [2.75, 3.05) is 26.9 Å². The molecule has 0 atom stereocenters. The topological polar surface area (TPSA) is 56.5 Å². The van der Waals surface area contributed by atoms with Gasteiger partial charge in [0.15, 0.2) is 5.76 Å². The van der Waals surface area contributed by atoms with E-state index in [-0.39, 0.29) is 0 Å². The molecular formula is C12H22N2O3. The zero-order valence-corrected chi connectivity index (χ0v) is 10.9. The summed E-state index contributed by atoms with van der Waals surface area (Å²) in [6, 6.07) is 1.89. The van der Waals surface area contributed by atoms with Gasteiger partial charge in [-0.05, 0) is 13.0 Å². The Morgan fingerprint density at radius 1 is 1.35 bits per heavy atom. The highest BCUT2D eigenvalue weighted by atomic mass is 16.5. The summed E-state index contributed by atoms with van der Waals surface area (Å²) in [7, 11) is 1.87. The van der Waals surface area contributed by atoms with Crippen LogP contribution >= 0.6 is 0 Å². The van der Waals surface area contributed by atoms with Crippen molar-refractivity contribution >= 4 is 0 Å². The third kappa shape index (κ3) is 6.41. The van der Waals surface area contributed by atoms with Gasteiger partial charge in [0.1, 0.15) is 6.61 Å². The number of aromatic nitrogens is 1. The molecular weight excluding hydrogens is 220 g/mol. The first kappa shape index (κ1) is 14.2. The first-order valence-corrected chi connectivity index (χ1v) is 5.97. The Kier molecular flexibility index (Phi) is 6.84. The van der Waals surface area contributed by atoms with Crippen LogP contribution in [0.1, 0.15) is 25.3 Å². The van der Waals surface area contributed by atoms with Crippen molar-refractivity contribution in [3.05, 3.63) is 17.5 Å². The molecule has 1 heterocycles. The smallest absolute Gasteiger partial charge is 0.162 e. The van der Waals surface area contributed by atoms with E-state index in [1.54, 1.807) is 0 Å². The Balaban J connectivity index is 2.05. The van der Waals surface area contributed by atoms with Gasteiger partial charge in [0, 0.05) is 19.2 Å². The van der Waals surface area contributed by atoms with Crippen LogP contribution in [0.4, 0.5) is 0 Å². The van der Waals surface area contributed by atoms with Crippen molar-refractivity contribution in [3.63, 3.8) is 0 Å². The molecule has 0 fully saturated rings. The van der Waals surface area contributed by atoms with Crippen LogP contribution in [0.2, 0.25) is 0 Å². The van der Waals surface area contributed by atoms with E-state index in [1.807, 2.05) is 13.1 Å². The van der Waals surface area contributed by atoms with Gasteiger partial charge in [0.2, 0.25) is 0 Å². The van der Waals surface area contributed by atoms with Crippen LogP contribution < -0.4 is 5.32 Å². The number of hydrogen-bond donors (Lipinski definition) is 1. The SMILES string of the molecule is CNCc1cc(COCCOCC(C)C)on1. The van der Waals surface area contributed by atoms with Gasteiger partial charge >= 0.3 is 0 Å². The monoisotopic (exact) mass is 242 g/mol. The van der Waals surface area contributed by atoms with Crippen molar-refractivity contribution in [2.45, 2.75) is 27.0 Å². The van der Waals surface area contributed by atoms with E-state index in [2.05, 4.69) is 24.3 Å². The molecule has 98 valence electrons. The lowest BCUT2D eigenvalue weighted by Gasteiger charge is -2.06. The minimum absolute atomic E-state index is 0.446. The molecule has 0 unspecified atom stereocenters. The Morgan fingerprint density at radius 3 is 2.82 bits per heavy atom. The maximum atomic E-state index is 5.41. The predicted molar refractivity (Wildman–Crippen MR) is 64.6 cm³/mol. The third-order valence-corrected chi connectivity index (χ3v) is 2.03. The summed E-state index contributed by atoms with van der Waals surface area (Å²) in [6.07, 6.45) is 0. The summed E-state index contributed by atoms with van der Waals surface area (Å²) < 4.78 is 15.9. The summed E-state index contributed by atoms with van der Waals surface area (Å²) in [5.74, 6) is 1.31. The Bertz CT molecular complexity index is 300. The molecule has 1 aromatic heterocycles. The molecule has 0 bridgehead atoms. The zero-order valence-electron chi connectivity index (χ0n) is 10.9. The lowest BCUT2D eigenvalue weighted by Crippen LogP contribution is -2.08. The second-order valence-corrected chi connectivity index (χ2v) is 4.34. The predicted octanol–water partition coefficient (Wildman–Crippen LogP) is 1.58. The molecule has 0 saturated heterocycles. The molecule has 1 aromatic rings. The number of ether oxygens (including phenoxy) is 2. The van der Waals surface area contributed by atoms with Crippen LogP contribution in [0.15, 0.2) is 10.6 Å². The summed E-state index contributed by atoms with van der Waals surface area (Å²) in [5.41, 5.74) is 0.891. The number of nitrogens with zero attached hydrogens (tertiary/aromatic N) is 1. The highest BCUT2D eigenvalue weighted by Gasteiger charge is 2.03. The van der Waals surface area contributed by atoms with Crippen LogP contribution in [-0.4, -0.2) is 32.0 Å². The van der Waals surface area contributed by atoms with Crippen LogP contribution in [0.25, 0.3) is 0 Å². The summed E-state index contributed by atoms with van der Waals surface area (Å²) in [4.78, 5) is 0. The van der Waals surface area contributed by atoms with Gasteiger partial charge in [-0.1, -0.05) is 19.0 Å². The van der Waals surface area contributed by atoms with E-state index in [9.17, 15) is 0 Å². The highest BCUT2D eigenvalue weighted by Crippen LogP contribution is 2.04. The normalized spacial score (nSPS) is 11.3. The van der Waals surface area contributed by atoms with Gasteiger partial charge in [0.05, 0.1) is 18.9 Å². The zero-order chi connectivity index (χ0) is 12.5.